The van der Waals surface area contributed by atoms with Gasteiger partial charge >= 0.3 is 0 Å². The average molecular weight is 234 g/mol. The number of carbonyl (C=O) groups excluding carboxylic acids is 1. The number of nitrogens with two attached hydrogens (primary N) is 1. The Morgan fingerprint density at radius 2 is 1.94 bits per heavy atom. The SMILES string of the molecule is CCCC(N)C(=O)N(C)Cc1ccc(C)cc1. The van der Waals surface area contributed by atoms with Gasteiger partial charge in [0.2, 0.25) is 5.91 Å². The van der Waals surface area contributed by atoms with E-state index in [0.717, 1.165) is 18.4 Å². The summed E-state index contributed by atoms with van der Waals surface area (Å²) in [5.41, 5.74) is 8.18. The molecule has 3 nitrogen and oxygen atoms in total. The minimum Gasteiger partial charge on any atom is -0.340 e. The highest BCUT2D eigenvalue weighted by Crippen LogP contribution is 2.07. The molecule has 1 rings (SSSR count). The Labute approximate surface area is 104 Å². The Morgan fingerprint density at radius 3 is 2.47 bits per heavy atom. The van der Waals surface area contributed by atoms with Gasteiger partial charge in [0.15, 0.2) is 0 Å². The van der Waals surface area contributed by atoms with E-state index in [0.29, 0.717) is 6.54 Å². The summed E-state index contributed by atoms with van der Waals surface area (Å²) in [7, 11) is 1.80. The van der Waals surface area contributed by atoms with E-state index in [2.05, 4.69) is 19.1 Å². The van der Waals surface area contributed by atoms with Crippen molar-refractivity contribution in [3.05, 3.63) is 35.4 Å². The molecule has 1 aromatic carbocycles. The number of benzene rings is 1. The van der Waals surface area contributed by atoms with Crippen LogP contribution in [0.25, 0.3) is 0 Å². The fourth-order valence-electron chi connectivity index (χ4n) is 1.76. The van der Waals surface area contributed by atoms with E-state index >= 15 is 0 Å². The fraction of sp³-hybridized carbons (Fsp3) is 0.500. The molecular weight excluding hydrogens is 212 g/mol. The van der Waals surface area contributed by atoms with Crippen molar-refractivity contribution in [1.82, 2.24) is 4.90 Å². The van der Waals surface area contributed by atoms with Crippen LogP contribution in [-0.2, 0) is 11.3 Å². The minimum absolute atomic E-state index is 0.0208. The van der Waals surface area contributed by atoms with Crippen molar-refractivity contribution in [2.24, 2.45) is 5.73 Å². The molecule has 2 N–H and O–H groups in total. The normalized spacial score (nSPS) is 12.2. The maximum atomic E-state index is 11.9. The zero-order chi connectivity index (χ0) is 12.8. The van der Waals surface area contributed by atoms with Crippen molar-refractivity contribution < 1.29 is 4.79 Å². The molecule has 0 aliphatic rings. The molecule has 0 spiro atoms. The highest BCUT2D eigenvalue weighted by Gasteiger charge is 2.16. The van der Waals surface area contributed by atoms with Gasteiger partial charge in [-0.2, -0.15) is 0 Å². The van der Waals surface area contributed by atoms with Crippen molar-refractivity contribution in [3.8, 4) is 0 Å². The molecule has 0 aromatic heterocycles. The van der Waals surface area contributed by atoms with Gasteiger partial charge in [-0.3, -0.25) is 4.79 Å². The Hall–Kier alpha value is -1.35. The second kappa shape index (κ2) is 6.40. The summed E-state index contributed by atoms with van der Waals surface area (Å²) in [5.74, 6) is 0.0208. The largest absolute Gasteiger partial charge is 0.340 e. The van der Waals surface area contributed by atoms with Gasteiger partial charge in [-0.15, -0.1) is 0 Å². The topological polar surface area (TPSA) is 46.3 Å². The van der Waals surface area contributed by atoms with Gasteiger partial charge in [-0.1, -0.05) is 43.2 Å². The first-order valence-electron chi connectivity index (χ1n) is 6.10. The van der Waals surface area contributed by atoms with E-state index in [-0.39, 0.29) is 11.9 Å². The van der Waals surface area contributed by atoms with Crippen molar-refractivity contribution in [3.63, 3.8) is 0 Å². The first-order valence-corrected chi connectivity index (χ1v) is 6.10. The molecule has 94 valence electrons. The van der Waals surface area contributed by atoms with Crippen LogP contribution in [0.2, 0.25) is 0 Å². The summed E-state index contributed by atoms with van der Waals surface area (Å²) in [6.07, 6.45) is 1.68. The first-order chi connectivity index (χ1) is 8.04. The van der Waals surface area contributed by atoms with E-state index in [1.807, 2.05) is 19.1 Å². The average Bonchev–Trinajstić information content (AvgIpc) is 2.31. The van der Waals surface area contributed by atoms with E-state index < -0.39 is 0 Å². The van der Waals surface area contributed by atoms with Gasteiger partial charge in [-0.05, 0) is 18.9 Å². The molecule has 0 heterocycles. The summed E-state index contributed by atoms with van der Waals surface area (Å²) < 4.78 is 0. The van der Waals surface area contributed by atoms with Crippen molar-refractivity contribution >= 4 is 5.91 Å². The lowest BCUT2D eigenvalue weighted by Crippen LogP contribution is -2.41. The van der Waals surface area contributed by atoms with E-state index in [1.54, 1.807) is 11.9 Å². The van der Waals surface area contributed by atoms with Crippen molar-refractivity contribution in [1.29, 1.82) is 0 Å². The second-order valence-corrected chi connectivity index (χ2v) is 4.58. The molecule has 0 radical (unpaired) electrons. The third-order valence-corrected chi connectivity index (χ3v) is 2.83. The Kier molecular flexibility index (Phi) is 5.16. The predicted octanol–water partition coefficient (Wildman–Crippen LogP) is 2.08. The zero-order valence-electron chi connectivity index (χ0n) is 10.9. The Bertz CT molecular complexity index is 359. The third-order valence-electron chi connectivity index (χ3n) is 2.83. The van der Waals surface area contributed by atoms with Crippen molar-refractivity contribution in [2.75, 3.05) is 7.05 Å². The Morgan fingerprint density at radius 1 is 1.35 bits per heavy atom. The zero-order valence-corrected chi connectivity index (χ0v) is 10.9. The Balaban J connectivity index is 2.56. The van der Waals surface area contributed by atoms with Crippen LogP contribution < -0.4 is 5.73 Å². The van der Waals surface area contributed by atoms with Crippen LogP contribution in [0.3, 0.4) is 0 Å². The lowest BCUT2D eigenvalue weighted by atomic mass is 10.1. The third kappa shape index (κ3) is 4.19. The van der Waals surface area contributed by atoms with Crippen LogP contribution in [-0.4, -0.2) is 23.9 Å². The summed E-state index contributed by atoms with van der Waals surface area (Å²) in [5, 5.41) is 0. The number of nitrogens with zero attached hydrogens (tertiary/aromatic N) is 1. The molecule has 0 saturated heterocycles. The lowest BCUT2D eigenvalue weighted by molar-refractivity contribution is -0.131. The minimum atomic E-state index is -0.365. The molecular formula is C14H22N2O. The first kappa shape index (κ1) is 13.7. The van der Waals surface area contributed by atoms with Gasteiger partial charge < -0.3 is 10.6 Å². The van der Waals surface area contributed by atoms with E-state index in [9.17, 15) is 4.79 Å². The molecule has 1 unspecified atom stereocenters. The van der Waals surface area contributed by atoms with Gasteiger partial charge in [0.05, 0.1) is 6.04 Å². The van der Waals surface area contributed by atoms with E-state index in [1.165, 1.54) is 5.56 Å². The summed E-state index contributed by atoms with van der Waals surface area (Å²) in [6.45, 7) is 4.71. The number of likely N-dealkylation sites (N-methyl/N-ethyl adjacent to an activating group) is 1. The van der Waals surface area contributed by atoms with Crippen molar-refractivity contribution in [2.45, 2.75) is 39.3 Å². The van der Waals surface area contributed by atoms with Gasteiger partial charge in [0.1, 0.15) is 0 Å². The highest BCUT2D eigenvalue weighted by molar-refractivity contribution is 5.81. The molecule has 0 aliphatic carbocycles. The molecule has 3 heteroatoms. The molecule has 0 fully saturated rings. The van der Waals surface area contributed by atoms with Crippen LogP contribution in [0.5, 0.6) is 0 Å². The highest BCUT2D eigenvalue weighted by atomic mass is 16.2. The van der Waals surface area contributed by atoms with Gasteiger partial charge in [-0.25, -0.2) is 0 Å². The van der Waals surface area contributed by atoms with Crippen LogP contribution in [0.4, 0.5) is 0 Å². The van der Waals surface area contributed by atoms with E-state index in [4.69, 9.17) is 5.73 Å². The lowest BCUT2D eigenvalue weighted by Gasteiger charge is -2.21. The van der Waals surface area contributed by atoms with Crippen LogP contribution >= 0.6 is 0 Å². The molecule has 17 heavy (non-hydrogen) atoms. The smallest absolute Gasteiger partial charge is 0.239 e. The summed E-state index contributed by atoms with van der Waals surface area (Å²) >= 11 is 0. The van der Waals surface area contributed by atoms with Crippen LogP contribution in [0.15, 0.2) is 24.3 Å². The number of hydrogen-bond acceptors (Lipinski definition) is 2. The monoisotopic (exact) mass is 234 g/mol. The molecule has 0 aliphatic heterocycles. The molecule has 1 amide bonds. The quantitative estimate of drug-likeness (QED) is 0.848. The fourth-order valence-corrected chi connectivity index (χ4v) is 1.76. The van der Waals surface area contributed by atoms with Gasteiger partial charge in [0, 0.05) is 13.6 Å². The van der Waals surface area contributed by atoms with Crippen LogP contribution in [0.1, 0.15) is 30.9 Å². The number of hydrogen-bond donors (Lipinski definition) is 1. The van der Waals surface area contributed by atoms with Gasteiger partial charge in [0.25, 0.3) is 0 Å². The van der Waals surface area contributed by atoms with Crippen LogP contribution in [0, 0.1) is 6.92 Å². The standard InChI is InChI=1S/C14H22N2O/c1-4-5-13(15)14(17)16(3)10-12-8-6-11(2)7-9-12/h6-9,13H,4-5,10,15H2,1-3H3. The number of carbonyl (C=O) groups is 1. The maximum absolute atomic E-state index is 11.9. The maximum Gasteiger partial charge on any atom is 0.239 e. The molecule has 1 aromatic rings. The number of amides is 1. The number of rotatable bonds is 5. The molecule has 0 bridgehead atoms. The predicted molar refractivity (Wildman–Crippen MR) is 70.5 cm³/mol. The second-order valence-electron chi connectivity index (χ2n) is 4.58. The molecule has 0 saturated carbocycles. The summed E-state index contributed by atoms with van der Waals surface area (Å²) in [6, 6.07) is 7.84. The number of aryl methyl sites for hydroxylation is 1. The summed E-state index contributed by atoms with van der Waals surface area (Å²) in [4.78, 5) is 13.6. The molecule has 1 atom stereocenters.